The lowest BCUT2D eigenvalue weighted by Gasteiger charge is -1.98. The van der Waals surface area contributed by atoms with Gasteiger partial charge in [-0.15, -0.1) is 11.3 Å². The third-order valence-corrected chi connectivity index (χ3v) is 3.77. The van der Waals surface area contributed by atoms with Crippen molar-refractivity contribution in [2.75, 3.05) is 0 Å². The first kappa shape index (κ1) is 10.5. The highest BCUT2D eigenvalue weighted by Gasteiger charge is 2.10. The Kier molecular flexibility index (Phi) is 2.46. The van der Waals surface area contributed by atoms with Gasteiger partial charge in [0.1, 0.15) is 0 Å². The fraction of sp³-hybridized carbons (Fsp3) is 0. The minimum absolute atomic E-state index is 0.110. The van der Waals surface area contributed by atoms with Crippen LogP contribution in [0.1, 0.15) is 0 Å². The number of halogens is 1. The van der Waals surface area contributed by atoms with Crippen molar-refractivity contribution < 1.29 is 0 Å². The Balaban J connectivity index is 2.31. The number of fused-ring (bicyclic) bond motifs is 1. The lowest BCUT2D eigenvalue weighted by atomic mass is 10.1. The molecule has 1 aromatic carbocycles. The molecule has 0 aliphatic carbocycles. The second-order valence-electron chi connectivity index (χ2n) is 3.56. The number of nitrogens with one attached hydrogen (secondary N) is 1. The van der Waals surface area contributed by atoms with Crippen LogP contribution in [0, 0.1) is 0 Å². The Labute approximate surface area is 106 Å². The molecule has 3 rings (SSSR count). The number of thiophene rings is 1. The molecule has 0 fully saturated rings. The minimum atomic E-state index is -0.110. The van der Waals surface area contributed by atoms with E-state index in [0.29, 0.717) is 10.4 Å². The summed E-state index contributed by atoms with van der Waals surface area (Å²) in [6.07, 6.45) is 1.42. The number of hydrogen-bond donors (Lipinski definition) is 1. The van der Waals surface area contributed by atoms with Gasteiger partial charge in [0.25, 0.3) is 5.56 Å². The summed E-state index contributed by atoms with van der Waals surface area (Å²) in [7, 11) is 0. The molecule has 17 heavy (non-hydrogen) atoms. The Morgan fingerprint density at radius 1 is 1.24 bits per heavy atom. The smallest absolute Gasteiger partial charge is 0.260 e. The topological polar surface area (TPSA) is 45.8 Å². The van der Waals surface area contributed by atoms with Gasteiger partial charge < -0.3 is 4.98 Å². The molecule has 0 atom stereocenters. The Bertz CT molecular complexity index is 730. The maximum absolute atomic E-state index is 11.8. The van der Waals surface area contributed by atoms with E-state index in [2.05, 4.69) is 9.97 Å². The first-order valence-corrected chi connectivity index (χ1v) is 6.22. The molecule has 0 unspecified atom stereocenters. The predicted molar refractivity (Wildman–Crippen MR) is 70.7 cm³/mol. The summed E-state index contributed by atoms with van der Waals surface area (Å²) >= 11 is 7.36. The maximum atomic E-state index is 11.8. The molecule has 5 heteroatoms. The first-order chi connectivity index (χ1) is 8.25. The zero-order valence-electron chi connectivity index (χ0n) is 8.61. The van der Waals surface area contributed by atoms with E-state index in [0.717, 1.165) is 16.0 Å². The molecule has 0 saturated heterocycles. The number of nitrogens with zero attached hydrogens (tertiary/aromatic N) is 1. The van der Waals surface area contributed by atoms with Gasteiger partial charge in [0.05, 0.1) is 17.2 Å². The van der Waals surface area contributed by atoms with Gasteiger partial charge in [0.2, 0.25) is 0 Å². The van der Waals surface area contributed by atoms with Crippen molar-refractivity contribution in [2.45, 2.75) is 0 Å². The van der Waals surface area contributed by atoms with Crippen LogP contribution >= 0.6 is 22.9 Å². The van der Waals surface area contributed by atoms with Gasteiger partial charge in [-0.3, -0.25) is 4.79 Å². The van der Waals surface area contributed by atoms with E-state index in [1.54, 1.807) is 0 Å². The molecule has 0 radical (unpaired) electrons. The van der Waals surface area contributed by atoms with Crippen molar-refractivity contribution in [1.82, 2.24) is 9.97 Å². The van der Waals surface area contributed by atoms with Crippen LogP contribution in [0.4, 0.5) is 0 Å². The summed E-state index contributed by atoms with van der Waals surface area (Å²) in [6, 6.07) is 7.43. The van der Waals surface area contributed by atoms with Gasteiger partial charge >= 0.3 is 0 Å². The minimum Gasteiger partial charge on any atom is -0.313 e. The van der Waals surface area contributed by atoms with Crippen LogP contribution < -0.4 is 5.56 Å². The van der Waals surface area contributed by atoms with Gasteiger partial charge in [0.15, 0.2) is 0 Å². The number of aromatic amines is 1. The van der Waals surface area contributed by atoms with Crippen LogP contribution in [0.25, 0.3) is 21.3 Å². The standard InChI is InChI=1S/C12H7ClN2OS/c13-8-3-1-7(2-4-8)11-10-9(5-17-11)14-6-15-12(10)16/h1-6H,(H,14,15,16). The van der Waals surface area contributed by atoms with E-state index in [4.69, 9.17) is 11.6 Å². The predicted octanol–water partition coefficient (Wildman–Crippen LogP) is 3.31. The van der Waals surface area contributed by atoms with Crippen LogP contribution in [0.5, 0.6) is 0 Å². The first-order valence-electron chi connectivity index (χ1n) is 4.96. The van der Waals surface area contributed by atoms with E-state index in [-0.39, 0.29) is 5.56 Å². The summed E-state index contributed by atoms with van der Waals surface area (Å²) in [6.45, 7) is 0. The highest BCUT2D eigenvalue weighted by atomic mass is 35.5. The summed E-state index contributed by atoms with van der Waals surface area (Å²) in [4.78, 5) is 19.4. The Hall–Kier alpha value is -1.65. The van der Waals surface area contributed by atoms with E-state index in [9.17, 15) is 4.79 Å². The molecule has 0 saturated carbocycles. The summed E-state index contributed by atoms with van der Waals surface area (Å²) in [5, 5.41) is 3.20. The second kappa shape index (κ2) is 3.98. The summed E-state index contributed by atoms with van der Waals surface area (Å²) in [5.41, 5.74) is 1.60. The molecular formula is C12H7ClN2OS. The molecule has 2 aromatic heterocycles. The van der Waals surface area contributed by atoms with E-state index in [1.807, 2.05) is 29.6 Å². The molecule has 3 aromatic rings. The number of H-pyrrole nitrogens is 1. The quantitative estimate of drug-likeness (QED) is 0.731. The van der Waals surface area contributed by atoms with Crippen molar-refractivity contribution in [3.8, 4) is 10.4 Å². The normalized spacial score (nSPS) is 10.9. The van der Waals surface area contributed by atoms with E-state index < -0.39 is 0 Å². The largest absolute Gasteiger partial charge is 0.313 e. The van der Waals surface area contributed by atoms with E-state index >= 15 is 0 Å². The van der Waals surface area contributed by atoms with Crippen LogP contribution in [-0.2, 0) is 0 Å². The van der Waals surface area contributed by atoms with Crippen LogP contribution in [-0.4, -0.2) is 9.97 Å². The van der Waals surface area contributed by atoms with Crippen molar-refractivity contribution in [3.05, 3.63) is 51.3 Å². The van der Waals surface area contributed by atoms with Crippen molar-refractivity contribution in [3.63, 3.8) is 0 Å². The van der Waals surface area contributed by atoms with Crippen LogP contribution in [0.2, 0.25) is 5.02 Å². The molecule has 2 heterocycles. The zero-order chi connectivity index (χ0) is 11.8. The highest BCUT2D eigenvalue weighted by Crippen LogP contribution is 2.32. The fourth-order valence-electron chi connectivity index (χ4n) is 1.71. The average molecular weight is 263 g/mol. The highest BCUT2D eigenvalue weighted by molar-refractivity contribution is 7.15. The monoisotopic (exact) mass is 262 g/mol. The molecule has 0 aliphatic rings. The lowest BCUT2D eigenvalue weighted by molar-refractivity contribution is 1.18. The molecule has 3 nitrogen and oxygen atoms in total. The van der Waals surface area contributed by atoms with Crippen molar-refractivity contribution in [1.29, 1.82) is 0 Å². The summed E-state index contributed by atoms with van der Waals surface area (Å²) < 4.78 is 0. The third-order valence-electron chi connectivity index (χ3n) is 2.50. The number of hydrogen-bond acceptors (Lipinski definition) is 3. The van der Waals surface area contributed by atoms with E-state index in [1.165, 1.54) is 17.7 Å². The van der Waals surface area contributed by atoms with Crippen molar-refractivity contribution >= 4 is 33.8 Å². The van der Waals surface area contributed by atoms with Crippen LogP contribution in [0.15, 0.2) is 40.8 Å². The SMILES string of the molecule is O=c1[nH]cnc2csc(-c3ccc(Cl)cc3)c12. The van der Waals surface area contributed by atoms with Gasteiger partial charge in [0, 0.05) is 15.3 Å². The fourth-order valence-corrected chi connectivity index (χ4v) is 2.83. The molecule has 0 aliphatic heterocycles. The molecule has 84 valence electrons. The number of rotatable bonds is 1. The van der Waals surface area contributed by atoms with Crippen molar-refractivity contribution in [2.24, 2.45) is 0 Å². The van der Waals surface area contributed by atoms with Gasteiger partial charge in [-0.25, -0.2) is 4.98 Å². The lowest BCUT2D eigenvalue weighted by Crippen LogP contribution is -2.05. The Morgan fingerprint density at radius 2 is 2.00 bits per heavy atom. The Morgan fingerprint density at radius 3 is 2.76 bits per heavy atom. The summed E-state index contributed by atoms with van der Waals surface area (Å²) in [5.74, 6) is 0. The molecule has 0 bridgehead atoms. The average Bonchev–Trinajstić information content (AvgIpc) is 2.75. The zero-order valence-corrected chi connectivity index (χ0v) is 10.2. The van der Waals surface area contributed by atoms with Gasteiger partial charge in [-0.1, -0.05) is 23.7 Å². The molecular weight excluding hydrogens is 256 g/mol. The second-order valence-corrected chi connectivity index (χ2v) is 4.88. The molecule has 1 N–H and O–H groups in total. The molecule has 0 amide bonds. The van der Waals surface area contributed by atoms with Gasteiger partial charge in [-0.05, 0) is 17.7 Å². The van der Waals surface area contributed by atoms with Gasteiger partial charge in [-0.2, -0.15) is 0 Å². The molecule has 0 spiro atoms. The maximum Gasteiger partial charge on any atom is 0.260 e. The number of benzene rings is 1. The number of aromatic nitrogens is 2. The third kappa shape index (κ3) is 1.75. The van der Waals surface area contributed by atoms with Crippen LogP contribution in [0.3, 0.4) is 0 Å².